The van der Waals surface area contributed by atoms with Crippen molar-refractivity contribution >= 4 is 23.7 Å². The molecule has 0 unspecified atom stereocenters. The minimum atomic E-state index is -0.664. The average molecular weight is 388 g/mol. The van der Waals surface area contributed by atoms with Crippen molar-refractivity contribution in [3.05, 3.63) is 35.4 Å². The summed E-state index contributed by atoms with van der Waals surface area (Å²) in [5.74, 6) is -1.78. The minimum absolute atomic E-state index is 0.0135. The van der Waals surface area contributed by atoms with Crippen LogP contribution in [0.4, 0.5) is 0 Å². The lowest BCUT2D eigenvalue weighted by atomic mass is 9.94. The Hall–Kier alpha value is -2.70. The van der Waals surface area contributed by atoms with Crippen molar-refractivity contribution in [1.29, 1.82) is 0 Å². The molecule has 7 nitrogen and oxygen atoms in total. The summed E-state index contributed by atoms with van der Waals surface area (Å²) in [6.07, 6.45) is 2.95. The molecule has 1 N–H and O–H groups in total. The SMILES string of the molecule is CCCCC(=O)NC[C@H](CC(=O)ON1C(=O)c2ccccc2C1=O)CC(C)C. The average Bonchev–Trinajstić information content (AvgIpc) is 2.89. The van der Waals surface area contributed by atoms with Gasteiger partial charge in [-0.3, -0.25) is 14.4 Å². The molecular formula is C21H28N2O5. The molecule has 0 fully saturated rings. The smallest absolute Gasteiger partial charge is 0.333 e. The summed E-state index contributed by atoms with van der Waals surface area (Å²) in [5, 5.41) is 3.39. The Kier molecular flexibility index (Phi) is 7.72. The maximum atomic E-state index is 12.4. The van der Waals surface area contributed by atoms with Crippen LogP contribution >= 0.6 is 0 Å². The Morgan fingerprint density at radius 2 is 1.71 bits per heavy atom. The summed E-state index contributed by atoms with van der Waals surface area (Å²) < 4.78 is 0. The zero-order valence-electron chi connectivity index (χ0n) is 16.7. The van der Waals surface area contributed by atoms with Crippen molar-refractivity contribution < 1.29 is 24.0 Å². The summed E-state index contributed by atoms with van der Waals surface area (Å²) in [4.78, 5) is 53.9. The fourth-order valence-electron chi connectivity index (χ4n) is 3.21. The van der Waals surface area contributed by atoms with Crippen LogP contribution in [0.2, 0.25) is 0 Å². The first kappa shape index (κ1) is 21.6. The molecule has 1 heterocycles. The van der Waals surface area contributed by atoms with Crippen LogP contribution in [0.3, 0.4) is 0 Å². The number of amides is 3. The van der Waals surface area contributed by atoms with E-state index in [0.29, 0.717) is 30.4 Å². The van der Waals surface area contributed by atoms with E-state index in [1.807, 2.05) is 20.8 Å². The second-order valence-corrected chi connectivity index (χ2v) is 7.52. The number of fused-ring (bicyclic) bond motifs is 1. The van der Waals surface area contributed by atoms with Gasteiger partial charge in [-0.1, -0.05) is 44.4 Å². The molecule has 3 amide bonds. The molecule has 1 aromatic carbocycles. The normalized spacial score (nSPS) is 14.2. The number of hydrogen-bond donors (Lipinski definition) is 1. The van der Waals surface area contributed by atoms with Crippen LogP contribution in [-0.4, -0.2) is 35.3 Å². The van der Waals surface area contributed by atoms with Gasteiger partial charge in [0.2, 0.25) is 5.91 Å². The van der Waals surface area contributed by atoms with E-state index in [-0.39, 0.29) is 29.4 Å². The highest BCUT2D eigenvalue weighted by atomic mass is 16.7. The Morgan fingerprint density at radius 3 is 2.25 bits per heavy atom. The molecule has 7 heteroatoms. The van der Waals surface area contributed by atoms with E-state index in [1.54, 1.807) is 12.1 Å². The maximum Gasteiger partial charge on any atom is 0.333 e. The van der Waals surface area contributed by atoms with Gasteiger partial charge in [-0.05, 0) is 36.8 Å². The number of hydroxylamine groups is 2. The predicted octanol–water partition coefficient (Wildman–Crippen LogP) is 3.10. The predicted molar refractivity (Wildman–Crippen MR) is 103 cm³/mol. The highest BCUT2D eigenvalue weighted by Gasteiger charge is 2.38. The van der Waals surface area contributed by atoms with E-state index in [2.05, 4.69) is 5.32 Å². The van der Waals surface area contributed by atoms with Crippen LogP contribution in [0.15, 0.2) is 24.3 Å². The zero-order valence-corrected chi connectivity index (χ0v) is 16.7. The summed E-state index contributed by atoms with van der Waals surface area (Å²) in [6.45, 7) is 6.44. The topological polar surface area (TPSA) is 92.8 Å². The van der Waals surface area contributed by atoms with Crippen LogP contribution in [-0.2, 0) is 14.4 Å². The monoisotopic (exact) mass is 388 g/mol. The van der Waals surface area contributed by atoms with Crippen molar-refractivity contribution in [1.82, 2.24) is 10.4 Å². The summed E-state index contributed by atoms with van der Waals surface area (Å²) in [7, 11) is 0. The first-order valence-electron chi connectivity index (χ1n) is 9.78. The fourth-order valence-corrected chi connectivity index (χ4v) is 3.21. The quantitative estimate of drug-likeness (QED) is 0.622. The van der Waals surface area contributed by atoms with E-state index >= 15 is 0 Å². The number of benzene rings is 1. The van der Waals surface area contributed by atoms with Gasteiger partial charge in [0.25, 0.3) is 11.8 Å². The third kappa shape index (κ3) is 5.65. The number of hydrogen-bond acceptors (Lipinski definition) is 5. The molecule has 1 aromatic rings. The highest BCUT2D eigenvalue weighted by molar-refractivity contribution is 6.20. The Balaban J connectivity index is 1.93. The Bertz CT molecular complexity index is 709. The molecule has 152 valence electrons. The molecule has 0 saturated carbocycles. The second kappa shape index (κ2) is 10.0. The van der Waals surface area contributed by atoms with Crippen LogP contribution in [0.1, 0.15) is 73.6 Å². The van der Waals surface area contributed by atoms with Crippen LogP contribution < -0.4 is 5.32 Å². The Morgan fingerprint density at radius 1 is 1.11 bits per heavy atom. The van der Waals surface area contributed by atoms with Gasteiger partial charge in [-0.15, -0.1) is 0 Å². The van der Waals surface area contributed by atoms with Crippen molar-refractivity contribution in [3.63, 3.8) is 0 Å². The summed E-state index contributed by atoms with van der Waals surface area (Å²) >= 11 is 0. The molecule has 0 radical (unpaired) electrons. The molecule has 1 aliphatic rings. The highest BCUT2D eigenvalue weighted by Crippen LogP contribution is 2.24. The van der Waals surface area contributed by atoms with Gasteiger partial charge >= 0.3 is 5.97 Å². The molecule has 28 heavy (non-hydrogen) atoms. The van der Waals surface area contributed by atoms with E-state index in [4.69, 9.17) is 4.84 Å². The molecule has 2 rings (SSSR count). The molecule has 0 aliphatic carbocycles. The Labute approximate surface area is 165 Å². The van der Waals surface area contributed by atoms with Gasteiger partial charge in [0, 0.05) is 13.0 Å². The number of nitrogens with one attached hydrogen (secondary N) is 1. The number of unbranched alkanes of at least 4 members (excludes halogenated alkanes) is 1. The van der Waals surface area contributed by atoms with Crippen molar-refractivity contribution in [2.45, 2.75) is 52.9 Å². The molecule has 0 bridgehead atoms. The second-order valence-electron chi connectivity index (χ2n) is 7.52. The lowest BCUT2D eigenvalue weighted by Gasteiger charge is -2.20. The van der Waals surface area contributed by atoms with E-state index < -0.39 is 17.8 Å². The van der Waals surface area contributed by atoms with Crippen molar-refractivity contribution in [2.24, 2.45) is 11.8 Å². The molecule has 1 atom stereocenters. The third-order valence-corrected chi connectivity index (χ3v) is 4.56. The van der Waals surface area contributed by atoms with Crippen LogP contribution in [0.5, 0.6) is 0 Å². The third-order valence-electron chi connectivity index (χ3n) is 4.56. The fraction of sp³-hybridized carbons (Fsp3) is 0.524. The number of carbonyl (C=O) groups is 4. The van der Waals surface area contributed by atoms with E-state index in [1.165, 1.54) is 12.1 Å². The van der Waals surface area contributed by atoms with Gasteiger partial charge in [-0.2, -0.15) is 0 Å². The van der Waals surface area contributed by atoms with E-state index in [9.17, 15) is 19.2 Å². The number of carbonyl (C=O) groups excluding carboxylic acids is 4. The minimum Gasteiger partial charge on any atom is -0.356 e. The van der Waals surface area contributed by atoms with E-state index in [0.717, 1.165) is 12.8 Å². The van der Waals surface area contributed by atoms with Gasteiger partial charge in [-0.25, -0.2) is 4.79 Å². The van der Waals surface area contributed by atoms with Gasteiger partial charge < -0.3 is 10.2 Å². The zero-order chi connectivity index (χ0) is 20.7. The first-order valence-corrected chi connectivity index (χ1v) is 9.78. The summed E-state index contributed by atoms with van der Waals surface area (Å²) in [5.41, 5.74) is 0.449. The lowest BCUT2D eigenvalue weighted by Crippen LogP contribution is -2.35. The number of imide groups is 1. The number of nitrogens with zero attached hydrogens (tertiary/aromatic N) is 1. The maximum absolute atomic E-state index is 12.4. The largest absolute Gasteiger partial charge is 0.356 e. The first-order chi connectivity index (χ1) is 13.3. The van der Waals surface area contributed by atoms with Crippen molar-refractivity contribution in [2.75, 3.05) is 6.54 Å². The molecule has 1 aliphatic heterocycles. The van der Waals surface area contributed by atoms with Crippen LogP contribution in [0.25, 0.3) is 0 Å². The molecule has 0 aromatic heterocycles. The standard InChI is InChI=1S/C21H28N2O5/c1-4-5-10-18(24)22-13-15(11-14(2)3)12-19(25)28-23-20(26)16-8-6-7-9-17(16)21(23)27/h6-9,14-15H,4-5,10-13H2,1-3H3,(H,22,24)/t15-/m0/s1. The lowest BCUT2D eigenvalue weighted by molar-refractivity contribution is -0.169. The van der Waals surface area contributed by atoms with Crippen LogP contribution in [0, 0.1) is 11.8 Å². The van der Waals surface area contributed by atoms with Gasteiger partial charge in [0.15, 0.2) is 0 Å². The molecule has 0 saturated heterocycles. The number of rotatable bonds is 10. The van der Waals surface area contributed by atoms with Gasteiger partial charge in [0.05, 0.1) is 17.5 Å². The molecule has 0 spiro atoms. The molecular weight excluding hydrogens is 360 g/mol. The summed E-state index contributed by atoms with van der Waals surface area (Å²) in [6, 6.07) is 6.35. The van der Waals surface area contributed by atoms with Gasteiger partial charge in [0.1, 0.15) is 0 Å². The van der Waals surface area contributed by atoms with Crippen molar-refractivity contribution in [3.8, 4) is 0 Å².